The van der Waals surface area contributed by atoms with Crippen LogP contribution in [0.25, 0.3) is 0 Å². The molecule has 7 heteroatoms. The highest BCUT2D eigenvalue weighted by molar-refractivity contribution is 6.09. The Balaban J connectivity index is 1.86. The number of carbonyl (C=O) groups is 3. The van der Waals surface area contributed by atoms with E-state index in [-0.39, 0.29) is 30.0 Å². The van der Waals surface area contributed by atoms with Crippen LogP contribution in [0.3, 0.4) is 0 Å². The van der Waals surface area contributed by atoms with Crippen molar-refractivity contribution in [1.29, 1.82) is 0 Å². The second-order valence-electron chi connectivity index (χ2n) is 6.49. The lowest BCUT2D eigenvalue weighted by Crippen LogP contribution is -2.33. The van der Waals surface area contributed by atoms with Crippen LogP contribution >= 0.6 is 0 Å². The van der Waals surface area contributed by atoms with E-state index in [1.807, 2.05) is 6.92 Å². The summed E-state index contributed by atoms with van der Waals surface area (Å²) in [4.78, 5) is 39.7. The molecule has 136 valence electrons. The maximum absolute atomic E-state index is 13.0. The number of anilines is 1. The Hall–Kier alpha value is -3.09. The molecule has 1 fully saturated rings. The molecule has 2 amide bonds. The molecule has 0 radical (unpaired) electrons. The number of carboxylic acid groups (broad SMARTS) is 1. The molecule has 0 unspecified atom stereocenters. The van der Waals surface area contributed by atoms with Crippen molar-refractivity contribution in [3.05, 3.63) is 54.0 Å². The summed E-state index contributed by atoms with van der Waals surface area (Å²) in [7, 11) is 1.57. The molecule has 0 spiro atoms. The number of likely N-dealkylation sites (tertiary alicyclic amines) is 1. The summed E-state index contributed by atoms with van der Waals surface area (Å²) in [6.45, 7) is 2.37. The molecule has 2 heterocycles. The Morgan fingerprint density at radius 2 is 1.88 bits per heavy atom. The summed E-state index contributed by atoms with van der Waals surface area (Å²) in [5.41, 5.74) is 0.804. The number of benzene rings is 1. The van der Waals surface area contributed by atoms with E-state index in [2.05, 4.69) is 0 Å². The maximum Gasteiger partial charge on any atom is 0.308 e. The van der Waals surface area contributed by atoms with E-state index in [0.717, 1.165) is 0 Å². The summed E-state index contributed by atoms with van der Waals surface area (Å²) in [6, 6.07) is 9.96. The molecular formula is C19H20N2O5. The van der Waals surface area contributed by atoms with Crippen molar-refractivity contribution in [3.63, 3.8) is 0 Å². The number of aliphatic carboxylic acids is 1. The molecule has 0 saturated carbocycles. The van der Waals surface area contributed by atoms with Crippen molar-refractivity contribution in [2.75, 3.05) is 25.0 Å². The van der Waals surface area contributed by atoms with E-state index in [1.54, 1.807) is 43.4 Å². The van der Waals surface area contributed by atoms with Gasteiger partial charge in [-0.25, -0.2) is 0 Å². The average molecular weight is 356 g/mol. The lowest BCUT2D eigenvalue weighted by molar-refractivity contribution is -0.142. The van der Waals surface area contributed by atoms with Gasteiger partial charge in [0.1, 0.15) is 0 Å². The zero-order valence-corrected chi connectivity index (χ0v) is 14.6. The third kappa shape index (κ3) is 3.20. The van der Waals surface area contributed by atoms with Gasteiger partial charge < -0.3 is 19.3 Å². The fraction of sp³-hybridized carbons (Fsp3) is 0.316. The first-order valence-corrected chi connectivity index (χ1v) is 8.32. The topological polar surface area (TPSA) is 91.1 Å². The van der Waals surface area contributed by atoms with Gasteiger partial charge in [0.25, 0.3) is 11.8 Å². The minimum atomic E-state index is -0.897. The van der Waals surface area contributed by atoms with Gasteiger partial charge in [0.05, 0.1) is 23.4 Å². The van der Waals surface area contributed by atoms with Gasteiger partial charge in [-0.2, -0.15) is 0 Å². The first-order valence-electron chi connectivity index (χ1n) is 8.32. The van der Waals surface area contributed by atoms with Gasteiger partial charge in [-0.05, 0) is 30.2 Å². The first kappa shape index (κ1) is 17.7. The van der Waals surface area contributed by atoms with Crippen LogP contribution in [0.5, 0.6) is 0 Å². The van der Waals surface area contributed by atoms with Gasteiger partial charge in [0, 0.05) is 20.1 Å². The largest absolute Gasteiger partial charge is 0.481 e. The van der Waals surface area contributed by atoms with Crippen LogP contribution in [0.4, 0.5) is 5.69 Å². The molecule has 26 heavy (non-hydrogen) atoms. The number of hydrogen-bond donors (Lipinski definition) is 1. The lowest BCUT2D eigenvalue weighted by atomic mass is 9.99. The molecule has 1 saturated heterocycles. The Morgan fingerprint density at radius 3 is 2.50 bits per heavy atom. The van der Waals surface area contributed by atoms with Gasteiger partial charge >= 0.3 is 5.97 Å². The number of carboxylic acids is 1. The van der Waals surface area contributed by atoms with Gasteiger partial charge in [-0.3, -0.25) is 14.4 Å². The number of furan rings is 1. The van der Waals surface area contributed by atoms with Crippen LogP contribution in [-0.4, -0.2) is 47.9 Å². The van der Waals surface area contributed by atoms with Gasteiger partial charge in [-0.15, -0.1) is 0 Å². The van der Waals surface area contributed by atoms with Crippen molar-refractivity contribution < 1.29 is 23.9 Å². The van der Waals surface area contributed by atoms with Crippen LogP contribution in [0, 0.1) is 11.8 Å². The Bertz CT molecular complexity index is 830. The molecule has 1 aromatic heterocycles. The van der Waals surface area contributed by atoms with E-state index >= 15 is 0 Å². The molecule has 7 nitrogen and oxygen atoms in total. The number of hydrogen-bond acceptors (Lipinski definition) is 4. The van der Waals surface area contributed by atoms with Crippen LogP contribution in [0.15, 0.2) is 47.1 Å². The second kappa shape index (κ2) is 7.03. The van der Waals surface area contributed by atoms with E-state index in [0.29, 0.717) is 17.8 Å². The molecule has 3 rings (SSSR count). The number of rotatable bonds is 4. The average Bonchev–Trinajstić information content (AvgIpc) is 3.29. The highest BCUT2D eigenvalue weighted by Crippen LogP contribution is 2.28. The quantitative estimate of drug-likeness (QED) is 0.908. The van der Waals surface area contributed by atoms with Crippen molar-refractivity contribution in [1.82, 2.24) is 4.90 Å². The predicted octanol–water partition coefficient (Wildman–Crippen LogP) is 2.35. The molecule has 2 atom stereocenters. The second-order valence-corrected chi connectivity index (χ2v) is 6.49. The monoisotopic (exact) mass is 356 g/mol. The zero-order valence-electron chi connectivity index (χ0n) is 14.6. The molecular weight excluding hydrogens is 336 g/mol. The number of carbonyl (C=O) groups excluding carboxylic acids is 2. The molecule has 1 N–H and O–H groups in total. The Morgan fingerprint density at radius 1 is 1.15 bits per heavy atom. The van der Waals surface area contributed by atoms with Crippen LogP contribution in [0.2, 0.25) is 0 Å². The lowest BCUT2D eigenvalue weighted by Gasteiger charge is -2.22. The number of amides is 2. The molecule has 1 aliphatic rings. The summed E-state index contributed by atoms with van der Waals surface area (Å²) in [6.07, 6.45) is 1.41. The molecule has 0 bridgehead atoms. The summed E-state index contributed by atoms with van der Waals surface area (Å²) in [5, 5.41) is 9.27. The predicted molar refractivity (Wildman–Crippen MR) is 94.1 cm³/mol. The molecule has 2 aromatic rings. The van der Waals surface area contributed by atoms with Gasteiger partial charge in [-0.1, -0.05) is 19.1 Å². The molecule has 0 aliphatic carbocycles. The van der Waals surface area contributed by atoms with E-state index in [1.165, 1.54) is 16.1 Å². The van der Waals surface area contributed by atoms with Crippen molar-refractivity contribution >= 4 is 23.5 Å². The minimum absolute atomic E-state index is 0.119. The fourth-order valence-electron chi connectivity index (χ4n) is 3.25. The van der Waals surface area contributed by atoms with E-state index in [9.17, 15) is 19.5 Å². The maximum atomic E-state index is 13.0. The highest BCUT2D eigenvalue weighted by atomic mass is 16.4. The minimum Gasteiger partial charge on any atom is -0.481 e. The highest BCUT2D eigenvalue weighted by Gasteiger charge is 2.38. The fourth-order valence-corrected chi connectivity index (χ4v) is 3.25. The molecule has 1 aromatic carbocycles. The van der Waals surface area contributed by atoms with E-state index in [4.69, 9.17) is 4.42 Å². The van der Waals surface area contributed by atoms with Gasteiger partial charge in [0.15, 0.2) is 5.76 Å². The van der Waals surface area contributed by atoms with Crippen molar-refractivity contribution in [2.45, 2.75) is 6.92 Å². The third-order valence-electron chi connectivity index (χ3n) is 4.75. The van der Waals surface area contributed by atoms with Crippen LogP contribution < -0.4 is 4.90 Å². The normalized spacial score (nSPS) is 19.4. The number of nitrogens with zero attached hydrogens (tertiary/aromatic N) is 2. The third-order valence-corrected chi connectivity index (χ3v) is 4.75. The molecule has 1 aliphatic heterocycles. The summed E-state index contributed by atoms with van der Waals surface area (Å²) >= 11 is 0. The van der Waals surface area contributed by atoms with Crippen LogP contribution in [0.1, 0.15) is 27.8 Å². The smallest absolute Gasteiger partial charge is 0.308 e. The SMILES string of the molecule is C[C@@H]1CN(C(=O)c2ccccc2N(C)C(=O)c2ccco2)C[C@H]1C(=O)O. The Kier molecular flexibility index (Phi) is 4.79. The number of para-hydroxylation sites is 1. The Labute approximate surface area is 150 Å². The standard InChI is InChI=1S/C19H20N2O5/c1-12-10-21(11-14(12)19(24)25)17(22)13-6-3-4-7-15(13)20(2)18(23)16-8-5-9-26-16/h3-9,12,14H,10-11H2,1-2H3,(H,24,25)/t12-,14-/m1/s1. The summed E-state index contributed by atoms with van der Waals surface area (Å²) < 4.78 is 5.14. The van der Waals surface area contributed by atoms with Crippen LogP contribution in [-0.2, 0) is 4.79 Å². The van der Waals surface area contributed by atoms with Crippen molar-refractivity contribution in [2.24, 2.45) is 11.8 Å². The summed E-state index contributed by atoms with van der Waals surface area (Å²) in [5.74, 6) is -2.06. The zero-order chi connectivity index (χ0) is 18.8. The van der Waals surface area contributed by atoms with Crippen molar-refractivity contribution in [3.8, 4) is 0 Å². The van der Waals surface area contributed by atoms with Gasteiger partial charge in [0.2, 0.25) is 0 Å². The van der Waals surface area contributed by atoms with E-state index < -0.39 is 11.9 Å². The first-order chi connectivity index (χ1) is 12.4.